The Morgan fingerprint density at radius 1 is 1.17 bits per heavy atom. The normalized spacial score (nSPS) is 11.0. The standard InChI is InChI=1S/C15H13N7O/c1-9-6-12(21-23-9)20-14-13(16)15(18-7-17-14)22-8-19-10-4-2-3-5-11(10)22/h2-8H,16H2,1H3,(H,17,18,20,21). The van der Waals surface area contributed by atoms with Gasteiger partial charge in [-0.25, -0.2) is 15.0 Å². The van der Waals surface area contributed by atoms with Gasteiger partial charge in [-0.3, -0.25) is 4.57 Å². The summed E-state index contributed by atoms with van der Waals surface area (Å²) >= 11 is 0. The first-order chi connectivity index (χ1) is 11.2. The van der Waals surface area contributed by atoms with Crippen LogP contribution in [0.5, 0.6) is 0 Å². The van der Waals surface area contributed by atoms with Crippen molar-refractivity contribution in [3.8, 4) is 5.82 Å². The number of imidazole rings is 1. The molecule has 3 heterocycles. The molecule has 0 saturated carbocycles. The number of aromatic nitrogens is 5. The van der Waals surface area contributed by atoms with Crippen molar-refractivity contribution in [3.63, 3.8) is 0 Å². The van der Waals surface area contributed by atoms with Gasteiger partial charge < -0.3 is 15.6 Å². The molecule has 0 amide bonds. The first-order valence-electron chi connectivity index (χ1n) is 6.95. The largest absolute Gasteiger partial charge is 0.393 e. The summed E-state index contributed by atoms with van der Waals surface area (Å²) in [6, 6.07) is 9.52. The molecule has 0 radical (unpaired) electrons. The molecule has 0 aliphatic heterocycles. The van der Waals surface area contributed by atoms with Crippen molar-refractivity contribution in [2.75, 3.05) is 11.1 Å². The number of nitrogens with two attached hydrogens (primary N) is 1. The lowest BCUT2D eigenvalue weighted by Gasteiger charge is -2.10. The molecule has 8 nitrogen and oxygen atoms in total. The van der Waals surface area contributed by atoms with E-state index in [1.165, 1.54) is 6.33 Å². The number of para-hydroxylation sites is 2. The van der Waals surface area contributed by atoms with Gasteiger partial charge in [0.15, 0.2) is 17.5 Å². The zero-order valence-electron chi connectivity index (χ0n) is 12.3. The molecule has 3 N–H and O–H groups in total. The third kappa shape index (κ3) is 2.26. The van der Waals surface area contributed by atoms with Crippen LogP contribution in [0.4, 0.5) is 17.3 Å². The number of benzene rings is 1. The van der Waals surface area contributed by atoms with Crippen LogP contribution in [0.25, 0.3) is 16.9 Å². The fourth-order valence-electron chi connectivity index (χ4n) is 2.35. The summed E-state index contributed by atoms with van der Waals surface area (Å²) < 4.78 is 6.85. The topological polar surface area (TPSA) is 108 Å². The minimum atomic E-state index is 0.399. The van der Waals surface area contributed by atoms with E-state index in [1.807, 2.05) is 35.8 Å². The summed E-state index contributed by atoms with van der Waals surface area (Å²) in [7, 11) is 0. The molecule has 23 heavy (non-hydrogen) atoms. The van der Waals surface area contributed by atoms with Gasteiger partial charge >= 0.3 is 0 Å². The van der Waals surface area contributed by atoms with E-state index >= 15 is 0 Å². The van der Waals surface area contributed by atoms with Crippen molar-refractivity contribution in [2.24, 2.45) is 0 Å². The minimum Gasteiger partial charge on any atom is -0.393 e. The Morgan fingerprint density at radius 2 is 2.04 bits per heavy atom. The van der Waals surface area contributed by atoms with E-state index in [4.69, 9.17) is 10.3 Å². The number of hydrogen-bond donors (Lipinski definition) is 2. The Bertz CT molecular complexity index is 988. The number of hydrogen-bond acceptors (Lipinski definition) is 7. The molecule has 0 fully saturated rings. The van der Waals surface area contributed by atoms with E-state index in [9.17, 15) is 0 Å². The average Bonchev–Trinajstić information content (AvgIpc) is 3.16. The molecular formula is C15H13N7O. The molecule has 0 bridgehead atoms. The van der Waals surface area contributed by atoms with Gasteiger partial charge in [0.05, 0.1) is 11.0 Å². The molecular weight excluding hydrogens is 294 g/mol. The van der Waals surface area contributed by atoms with Crippen LogP contribution in [0.2, 0.25) is 0 Å². The van der Waals surface area contributed by atoms with Crippen molar-refractivity contribution in [1.82, 2.24) is 24.7 Å². The monoisotopic (exact) mass is 307 g/mol. The predicted molar refractivity (Wildman–Crippen MR) is 85.6 cm³/mol. The van der Waals surface area contributed by atoms with Gasteiger partial charge in [0, 0.05) is 6.07 Å². The summed E-state index contributed by atoms with van der Waals surface area (Å²) in [4.78, 5) is 12.8. The van der Waals surface area contributed by atoms with Crippen LogP contribution in [-0.4, -0.2) is 24.7 Å². The number of nitrogen functional groups attached to an aromatic ring is 1. The molecule has 0 aliphatic rings. The van der Waals surface area contributed by atoms with Crippen LogP contribution in [0.1, 0.15) is 5.76 Å². The molecule has 114 valence electrons. The van der Waals surface area contributed by atoms with Gasteiger partial charge in [0.1, 0.15) is 24.1 Å². The minimum absolute atomic E-state index is 0.399. The predicted octanol–water partition coefficient (Wildman–Crippen LogP) is 2.44. The molecule has 1 aromatic carbocycles. The van der Waals surface area contributed by atoms with Crippen molar-refractivity contribution in [2.45, 2.75) is 6.92 Å². The quantitative estimate of drug-likeness (QED) is 0.598. The highest BCUT2D eigenvalue weighted by atomic mass is 16.5. The maximum Gasteiger partial charge on any atom is 0.175 e. The zero-order valence-corrected chi connectivity index (χ0v) is 12.3. The van der Waals surface area contributed by atoms with E-state index in [0.717, 1.165) is 11.0 Å². The SMILES string of the molecule is Cc1cc(Nc2ncnc(-n3cnc4ccccc43)c2N)no1. The zero-order chi connectivity index (χ0) is 15.8. The second-order valence-electron chi connectivity index (χ2n) is 5.01. The van der Waals surface area contributed by atoms with Gasteiger partial charge in [-0.15, -0.1) is 0 Å². The second kappa shape index (κ2) is 5.09. The second-order valence-corrected chi connectivity index (χ2v) is 5.01. The Kier molecular flexibility index (Phi) is 2.94. The molecule has 0 unspecified atom stereocenters. The summed E-state index contributed by atoms with van der Waals surface area (Å²) in [6.45, 7) is 1.81. The molecule has 3 aromatic heterocycles. The molecule has 8 heteroatoms. The van der Waals surface area contributed by atoms with Crippen LogP contribution in [0, 0.1) is 6.92 Å². The van der Waals surface area contributed by atoms with Crippen molar-refractivity contribution in [3.05, 3.63) is 48.7 Å². The van der Waals surface area contributed by atoms with Gasteiger partial charge in [-0.1, -0.05) is 17.3 Å². The van der Waals surface area contributed by atoms with Crippen molar-refractivity contribution in [1.29, 1.82) is 0 Å². The molecule has 4 aromatic rings. The Hall–Kier alpha value is -3.42. The van der Waals surface area contributed by atoms with E-state index in [-0.39, 0.29) is 0 Å². The van der Waals surface area contributed by atoms with Crippen molar-refractivity contribution < 1.29 is 4.52 Å². The lowest BCUT2D eigenvalue weighted by atomic mass is 10.3. The molecule has 4 rings (SSSR count). The lowest BCUT2D eigenvalue weighted by molar-refractivity contribution is 0.400. The maximum absolute atomic E-state index is 6.23. The smallest absolute Gasteiger partial charge is 0.175 e. The highest BCUT2D eigenvalue weighted by Gasteiger charge is 2.13. The van der Waals surface area contributed by atoms with Gasteiger partial charge in [-0.2, -0.15) is 0 Å². The van der Waals surface area contributed by atoms with Crippen LogP contribution in [0.3, 0.4) is 0 Å². The van der Waals surface area contributed by atoms with Crippen LogP contribution < -0.4 is 11.1 Å². The molecule has 0 atom stereocenters. The van der Waals surface area contributed by atoms with Crippen molar-refractivity contribution >= 4 is 28.4 Å². The average molecular weight is 307 g/mol. The Labute approximate surface area is 131 Å². The Morgan fingerprint density at radius 3 is 2.87 bits per heavy atom. The first kappa shape index (κ1) is 13.3. The van der Waals surface area contributed by atoms with E-state index in [1.54, 1.807) is 12.4 Å². The van der Waals surface area contributed by atoms with E-state index in [0.29, 0.717) is 28.9 Å². The van der Waals surface area contributed by atoms with E-state index < -0.39 is 0 Å². The number of rotatable bonds is 3. The fourth-order valence-corrected chi connectivity index (χ4v) is 2.35. The lowest BCUT2D eigenvalue weighted by Crippen LogP contribution is -2.07. The van der Waals surface area contributed by atoms with Crippen LogP contribution >= 0.6 is 0 Å². The number of aryl methyl sites for hydroxylation is 1. The van der Waals surface area contributed by atoms with Crippen LogP contribution in [-0.2, 0) is 0 Å². The Balaban J connectivity index is 1.79. The number of anilines is 3. The molecule has 0 saturated heterocycles. The summed E-state index contributed by atoms with van der Waals surface area (Å²) in [5.41, 5.74) is 8.41. The number of fused-ring (bicyclic) bond motifs is 1. The highest BCUT2D eigenvalue weighted by molar-refractivity contribution is 5.80. The summed E-state index contributed by atoms with van der Waals surface area (Å²) in [5, 5.41) is 6.90. The van der Waals surface area contributed by atoms with Gasteiger partial charge in [0.2, 0.25) is 0 Å². The summed E-state index contributed by atoms with van der Waals surface area (Å²) in [6.07, 6.45) is 3.13. The maximum atomic E-state index is 6.23. The molecule has 0 aliphatic carbocycles. The van der Waals surface area contributed by atoms with Gasteiger partial charge in [0.25, 0.3) is 0 Å². The number of nitrogens with one attached hydrogen (secondary N) is 1. The third-order valence-electron chi connectivity index (χ3n) is 3.42. The highest BCUT2D eigenvalue weighted by Crippen LogP contribution is 2.27. The third-order valence-corrected chi connectivity index (χ3v) is 3.42. The number of nitrogens with zero attached hydrogens (tertiary/aromatic N) is 5. The van der Waals surface area contributed by atoms with Gasteiger partial charge in [-0.05, 0) is 19.1 Å². The first-order valence-corrected chi connectivity index (χ1v) is 6.95. The molecule has 0 spiro atoms. The van der Waals surface area contributed by atoms with E-state index in [2.05, 4.69) is 25.4 Å². The fraction of sp³-hybridized carbons (Fsp3) is 0.0667. The summed E-state index contributed by atoms with van der Waals surface area (Å²) in [5.74, 6) is 2.24. The van der Waals surface area contributed by atoms with Crippen LogP contribution in [0.15, 0.2) is 47.5 Å².